The van der Waals surface area contributed by atoms with Gasteiger partial charge in [-0.25, -0.2) is 0 Å². The van der Waals surface area contributed by atoms with Gasteiger partial charge in [0.15, 0.2) is 10.8 Å². The van der Waals surface area contributed by atoms with Crippen LogP contribution in [0.5, 0.6) is 0 Å². The second-order valence-electron chi connectivity index (χ2n) is 5.01. The van der Waals surface area contributed by atoms with E-state index in [1.165, 1.54) is 11.8 Å². The molecule has 7 heteroatoms. The molecule has 0 fully saturated rings. The van der Waals surface area contributed by atoms with E-state index in [-0.39, 0.29) is 11.9 Å². The van der Waals surface area contributed by atoms with Crippen LogP contribution in [-0.4, -0.2) is 26.3 Å². The maximum atomic E-state index is 12.2. The summed E-state index contributed by atoms with van der Waals surface area (Å²) >= 11 is 4.88. The molecule has 0 saturated carbocycles. The van der Waals surface area contributed by atoms with Crippen molar-refractivity contribution in [2.75, 3.05) is 5.75 Å². The van der Waals surface area contributed by atoms with Crippen molar-refractivity contribution in [3.63, 3.8) is 0 Å². The first-order chi connectivity index (χ1) is 11.1. The first kappa shape index (κ1) is 16.0. The number of nitrogens with zero attached hydrogens (tertiary/aromatic N) is 3. The van der Waals surface area contributed by atoms with Gasteiger partial charge < -0.3 is 5.32 Å². The van der Waals surface area contributed by atoms with Crippen molar-refractivity contribution in [1.82, 2.24) is 19.9 Å². The van der Waals surface area contributed by atoms with Crippen molar-refractivity contribution in [2.45, 2.75) is 18.1 Å². The molecule has 1 aromatic carbocycles. The van der Waals surface area contributed by atoms with Gasteiger partial charge in [0.1, 0.15) is 0 Å². The highest BCUT2D eigenvalue weighted by atomic mass is 79.9. The lowest BCUT2D eigenvalue weighted by Crippen LogP contribution is -2.28. The fourth-order valence-electron chi connectivity index (χ4n) is 2.24. The molecular weight excluding hydrogens is 376 g/mol. The van der Waals surface area contributed by atoms with E-state index in [1.54, 1.807) is 0 Å². The first-order valence-electron chi connectivity index (χ1n) is 7.11. The van der Waals surface area contributed by atoms with E-state index < -0.39 is 0 Å². The Labute approximate surface area is 146 Å². The van der Waals surface area contributed by atoms with Crippen LogP contribution in [0.1, 0.15) is 18.5 Å². The van der Waals surface area contributed by atoms with Crippen molar-refractivity contribution in [2.24, 2.45) is 0 Å². The average Bonchev–Trinajstić information content (AvgIpc) is 2.96. The quantitative estimate of drug-likeness (QED) is 0.677. The molecule has 0 radical (unpaired) electrons. The highest BCUT2D eigenvalue weighted by Gasteiger charge is 2.13. The van der Waals surface area contributed by atoms with Crippen LogP contribution in [0, 0.1) is 0 Å². The van der Waals surface area contributed by atoms with Gasteiger partial charge in [0, 0.05) is 10.7 Å². The van der Waals surface area contributed by atoms with Crippen LogP contribution in [0.3, 0.4) is 0 Å². The molecule has 1 atom stereocenters. The van der Waals surface area contributed by atoms with E-state index in [2.05, 4.69) is 31.4 Å². The Morgan fingerprint density at radius 3 is 2.87 bits per heavy atom. The Morgan fingerprint density at radius 2 is 2.04 bits per heavy atom. The fourth-order valence-corrected chi connectivity index (χ4v) is 3.60. The first-order valence-corrected chi connectivity index (χ1v) is 8.89. The number of fused-ring (bicyclic) bond motifs is 1. The van der Waals surface area contributed by atoms with Gasteiger partial charge in [-0.15, -0.1) is 10.2 Å². The molecule has 2 heterocycles. The van der Waals surface area contributed by atoms with Gasteiger partial charge >= 0.3 is 0 Å². The van der Waals surface area contributed by atoms with Crippen LogP contribution in [0.2, 0.25) is 0 Å². The largest absolute Gasteiger partial charge is 0.349 e. The summed E-state index contributed by atoms with van der Waals surface area (Å²) in [6.07, 6.45) is 1.89. The second-order valence-corrected chi connectivity index (χ2v) is 6.81. The number of nitrogens with one attached hydrogen (secondary N) is 1. The van der Waals surface area contributed by atoms with Crippen LogP contribution in [0.15, 0.2) is 58.3 Å². The molecule has 23 heavy (non-hydrogen) atoms. The molecule has 0 aliphatic carbocycles. The fraction of sp³-hybridized carbons (Fsp3) is 0.188. The molecule has 1 amide bonds. The molecule has 118 valence electrons. The minimum atomic E-state index is -0.0613. The van der Waals surface area contributed by atoms with Gasteiger partial charge in [0.2, 0.25) is 5.91 Å². The summed E-state index contributed by atoms with van der Waals surface area (Å²) in [6, 6.07) is 13.5. The predicted molar refractivity (Wildman–Crippen MR) is 94.4 cm³/mol. The normalized spacial score (nSPS) is 12.3. The summed E-state index contributed by atoms with van der Waals surface area (Å²) in [4.78, 5) is 12.2. The molecule has 2 aromatic heterocycles. The third-order valence-corrected chi connectivity index (χ3v) is 5.03. The Bertz CT molecular complexity index is 836. The molecule has 0 spiro atoms. The Hall–Kier alpha value is -1.86. The van der Waals surface area contributed by atoms with Crippen LogP contribution in [0.25, 0.3) is 5.65 Å². The highest BCUT2D eigenvalue weighted by Crippen LogP contribution is 2.23. The molecule has 1 N–H and O–H groups in total. The summed E-state index contributed by atoms with van der Waals surface area (Å²) in [7, 11) is 0. The molecule has 3 rings (SSSR count). The molecule has 0 aliphatic heterocycles. The zero-order chi connectivity index (χ0) is 16.2. The summed E-state index contributed by atoms with van der Waals surface area (Å²) in [5.41, 5.74) is 1.83. The summed E-state index contributed by atoms with van der Waals surface area (Å²) in [6.45, 7) is 1.97. The van der Waals surface area contributed by atoms with Crippen molar-refractivity contribution in [3.8, 4) is 0 Å². The van der Waals surface area contributed by atoms with E-state index in [4.69, 9.17) is 0 Å². The SMILES string of the molecule is C[C@H](NC(=O)CSc1nnc2ccccn12)c1ccccc1Br. The molecule has 5 nitrogen and oxygen atoms in total. The van der Waals surface area contributed by atoms with E-state index in [1.807, 2.05) is 60.0 Å². The minimum Gasteiger partial charge on any atom is -0.349 e. The lowest BCUT2D eigenvalue weighted by atomic mass is 10.1. The molecule has 0 saturated heterocycles. The zero-order valence-corrected chi connectivity index (χ0v) is 14.8. The second kappa shape index (κ2) is 7.14. The molecule has 0 unspecified atom stereocenters. The van der Waals surface area contributed by atoms with E-state index >= 15 is 0 Å². The van der Waals surface area contributed by atoms with Gasteiger partial charge in [-0.1, -0.05) is 52.0 Å². The van der Waals surface area contributed by atoms with Crippen LogP contribution in [0.4, 0.5) is 0 Å². The number of thioether (sulfide) groups is 1. The third-order valence-electron chi connectivity index (χ3n) is 3.36. The van der Waals surface area contributed by atoms with Crippen molar-refractivity contribution in [1.29, 1.82) is 0 Å². The lowest BCUT2D eigenvalue weighted by Gasteiger charge is -2.15. The van der Waals surface area contributed by atoms with E-state index in [0.29, 0.717) is 10.9 Å². The van der Waals surface area contributed by atoms with Gasteiger partial charge in [-0.3, -0.25) is 9.20 Å². The number of carbonyl (C=O) groups is 1. The van der Waals surface area contributed by atoms with Gasteiger partial charge in [-0.2, -0.15) is 0 Å². The van der Waals surface area contributed by atoms with Gasteiger partial charge in [0.05, 0.1) is 11.8 Å². The molecule has 3 aromatic rings. The summed E-state index contributed by atoms with van der Waals surface area (Å²) in [5, 5.41) is 11.9. The van der Waals surface area contributed by atoms with Crippen molar-refractivity contribution >= 4 is 39.2 Å². The molecule has 0 bridgehead atoms. The highest BCUT2D eigenvalue weighted by molar-refractivity contribution is 9.10. The zero-order valence-electron chi connectivity index (χ0n) is 12.4. The average molecular weight is 391 g/mol. The van der Waals surface area contributed by atoms with Gasteiger partial charge in [-0.05, 0) is 30.7 Å². The van der Waals surface area contributed by atoms with Gasteiger partial charge in [0.25, 0.3) is 0 Å². The number of hydrogen-bond donors (Lipinski definition) is 1. The van der Waals surface area contributed by atoms with Crippen LogP contribution in [-0.2, 0) is 4.79 Å². The van der Waals surface area contributed by atoms with Crippen LogP contribution >= 0.6 is 27.7 Å². The Kier molecular flexibility index (Phi) is 4.97. The molecular formula is C16H15BrN4OS. The Morgan fingerprint density at radius 1 is 1.26 bits per heavy atom. The number of pyridine rings is 1. The van der Waals surface area contributed by atoms with Crippen molar-refractivity contribution < 1.29 is 4.79 Å². The number of benzene rings is 1. The summed E-state index contributed by atoms with van der Waals surface area (Å²) in [5.74, 6) is 0.260. The maximum absolute atomic E-state index is 12.2. The number of amides is 1. The Balaban J connectivity index is 1.61. The van der Waals surface area contributed by atoms with E-state index in [0.717, 1.165) is 15.7 Å². The van der Waals surface area contributed by atoms with Crippen LogP contribution < -0.4 is 5.32 Å². The number of halogens is 1. The standard InChI is InChI=1S/C16H15BrN4OS/c1-11(12-6-2-3-7-13(12)17)18-15(22)10-23-16-20-19-14-8-4-5-9-21(14)16/h2-9,11H,10H2,1H3,(H,18,22)/t11-/m0/s1. The molecule has 0 aliphatic rings. The number of rotatable bonds is 5. The predicted octanol–water partition coefficient (Wildman–Crippen LogP) is 3.46. The number of carbonyl (C=O) groups excluding carboxylic acids is 1. The van der Waals surface area contributed by atoms with Crippen molar-refractivity contribution in [3.05, 3.63) is 58.7 Å². The van der Waals surface area contributed by atoms with E-state index in [9.17, 15) is 4.79 Å². The summed E-state index contributed by atoms with van der Waals surface area (Å²) < 4.78 is 2.86. The minimum absolute atomic E-state index is 0.0362. The third kappa shape index (κ3) is 3.73. The lowest BCUT2D eigenvalue weighted by molar-refractivity contribution is -0.119. The topological polar surface area (TPSA) is 59.3 Å². The maximum Gasteiger partial charge on any atom is 0.230 e. The number of hydrogen-bond acceptors (Lipinski definition) is 4. The number of aromatic nitrogens is 3. The smallest absolute Gasteiger partial charge is 0.230 e. The monoisotopic (exact) mass is 390 g/mol.